The average molecular weight is 334 g/mol. The van der Waals surface area contributed by atoms with Crippen LogP contribution in [0.2, 0.25) is 0 Å². The van der Waals surface area contributed by atoms with Crippen LogP contribution < -0.4 is 5.32 Å². The molecule has 0 saturated carbocycles. The fourth-order valence-corrected chi connectivity index (χ4v) is 3.27. The van der Waals surface area contributed by atoms with E-state index in [1.165, 1.54) is 5.56 Å². The molecule has 0 radical (unpaired) electrons. The Balaban J connectivity index is 1.70. The van der Waals surface area contributed by atoms with Crippen LogP contribution in [0.1, 0.15) is 55.1 Å². The largest absolute Gasteiger partial charge is 0.358 e. The van der Waals surface area contributed by atoms with Crippen molar-refractivity contribution in [3.63, 3.8) is 0 Å². The molecule has 0 saturated heterocycles. The summed E-state index contributed by atoms with van der Waals surface area (Å²) in [6, 6.07) is 16.6. The molecule has 1 unspecified atom stereocenters. The third-order valence-electron chi connectivity index (χ3n) is 4.84. The van der Waals surface area contributed by atoms with Gasteiger partial charge in [0.2, 0.25) is 5.91 Å². The van der Waals surface area contributed by atoms with Crippen molar-refractivity contribution < 1.29 is 4.79 Å². The van der Waals surface area contributed by atoms with Crippen molar-refractivity contribution in [1.82, 2.24) is 10.3 Å². The van der Waals surface area contributed by atoms with Crippen LogP contribution in [0, 0.1) is 6.92 Å². The maximum Gasteiger partial charge on any atom is 0.224 e. The Hall–Kier alpha value is -2.55. The zero-order valence-corrected chi connectivity index (χ0v) is 15.4. The Kier molecular flexibility index (Phi) is 4.93. The summed E-state index contributed by atoms with van der Waals surface area (Å²) in [5.41, 5.74) is 5.67. The predicted octanol–water partition coefficient (Wildman–Crippen LogP) is 5.02. The first-order valence-corrected chi connectivity index (χ1v) is 8.91. The number of nitrogens with one attached hydrogen (secondary N) is 2. The number of amides is 1. The summed E-state index contributed by atoms with van der Waals surface area (Å²) in [5, 5.41) is 4.25. The standard InChI is InChI=1S/C22H26N2O/c1-14(2)17-9-11-18(12-10-17)15(3)24-22(25)13-20-16(4)23-21-8-6-5-7-19(20)21/h5-12,14-15,23H,13H2,1-4H3,(H,24,25). The molecule has 1 heterocycles. The lowest BCUT2D eigenvalue weighted by atomic mass is 9.99. The van der Waals surface area contributed by atoms with E-state index < -0.39 is 0 Å². The lowest BCUT2D eigenvalue weighted by Crippen LogP contribution is -2.28. The second kappa shape index (κ2) is 7.14. The Bertz CT molecular complexity index is 875. The predicted molar refractivity (Wildman–Crippen MR) is 104 cm³/mol. The molecule has 1 amide bonds. The SMILES string of the molecule is Cc1[nH]c2ccccc2c1CC(=O)NC(C)c1ccc(C(C)C)cc1. The number of rotatable bonds is 5. The average Bonchev–Trinajstić information content (AvgIpc) is 2.90. The molecule has 25 heavy (non-hydrogen) atoms. The fourth-order valence-electron chi connectivity index (χ4n) is 3.27. The number of aromatic nitrogens is 1. The topological polar surface area (TPSA) is 44.9 Å². The van der Waals surface area contributed by atoms with Crippen molar-refractivity contribution in [3.8, 4) is 0 Å². The van der Waals surface area contributed by atoms with Gasteiger partial charge >= 0.3 is 0 Å². The normalized spacial score (nSPS) is 12.5. The van der Waals surface area contributed by atoms with Gasteiger partial charge in [-0.1, -0.05) is 56.3 Å². The van der Waals surface area contributed by atoms with Gasteiger partial charge in [0.25, 0.3) is 0 Å². The number of carbonyl (C=O) groups is 1. The number of aryl methyl sites for hydroxylation is 1. The van der Waals surface area contributed by atoms with Crippen molar-refractivity contribution in [1.29, 1.82) is 0 Å². The highest BCUT2D eigenvalue weighted by molar-refractivity contribution is 5.90. The molecule has 0 spiro atoms. The molecular weight excluding hydrogens is 308 g/mol. The van der Waals surface area contributed by atoms with Crippen LogP contribution in [0.25, 0.3) is 10.9 Å². The summed E-state index contributed by atoms with van der Waals surface area (Å²) in [6.45, 7) is 8.43. The highest BCUT2D eigenvalue weighted by Crippen LogP contribution is 2.23. The number of aromatic amines is 1. The first-order chi connectivity index (χ1) is 12.0. The highest BCUT2D eigenvalue weighted by Gasteiger charge is 2.15. The number of carbonyl (C=O) groups excluding carboxylic acids is 1. The van der Waals surface area contributed by atoms with Crippen LogP contribution in [0.15, 0.2) is 48.5 Å². The molecule has 0 aliphatic carbocycles. The molecule has 2 aromatic carbocycles. The number of hydrogen-bond acceptors (Lipinski definition) is 1. The Morgan fingerprint density at radius 3 is 2.32 bits per heavy atom. The smallest absolute Gasteiger partial charge is 0.224 e. The number of fused-ring (bicyclic) bond motifs is 1. The summed E-state index contributed by atoms with van der Waals surface area (Å²) in [5.74, 6) is 0.567. The molecule has 3 aromatic rings. The monoisotopic (exact) mass is 334 g/mol. The van der Waals surface area contributed by atoms with E-state index >= 15 is 0 Å². The van der Waals surface area contributed by atoms with Gasteiger partial charge in [0, 0.05) is 16.6 Å². The van der Waals surface area contributed by atoms with Gasteiger partial charge < -0.3 is 10.3 Å². The van der Waals surface area contributed by atoms with E-state index in [1.54, 1.807) is 0 Å². The third kappa shape index (κ3) is 3.76. The number of para-hydroxylation sites is 1. The van der Waals surface area contributed by atoms with Gasteiger partial charge in [-0.05, 0) is 42.5 Å². The van der Waals surface area contributed by atoms with Crippen molar-refractivity contribution in [2.75, 3.05) is 0 Å². The van der Waals surface area contributed by atoms with Crippen LogP contribution in [-0.2, 0) is 11.2 Å². The quantitative estimate of drug-likeness (QED) is 0.676. The fraction of sp³-hybridized carbons (Fsp3) is 0.318. The van der Waals surface area contributed by atoms with Crippen LogP contribution in [0.4, 0.5) is 0 Å². The van der Waals surface area contributed by atoms with Crippen molar-refractivity contribution in [2.24, 2.45) is 0 Å². The Morgan fingerprint density at radius 1 is 1.00 bits per heavy atom. The van der Waals surface area contributed by atoms with E-state index in [-0.39, 0.29) is 11.9 Å². The summed E-state index contributed by atoms with van der Waals surface area (Å²) < 4.78 is 0. The van der Waals surface area contributed by atoms with Crippen LogP contribution in [-0.4, -0.2) is 10.9 Å². The van der Waals surface area contributed by atoms with E-state index in [9.17, 15) is 4.79 Å². The minimum atomic E-state index is -0.000718. The molecule has 0 bridgehead atoms. The molecule has 3 rings (SSSR count). The Morgan fingerprint density at radius 2 is 1.64 bits per heavy atom. The van der Waals surface area contributed by atoms with Gasteiger partial charge in [0.1, 0.15) is 0 Å². The highest BCUT2D eigenvalue weighted by atomic mass is 16.1. The first kappa shape index (κ1) is 17.3. The minimum Gasteiger partial charge on any atom is -0.358 e. The van der Waals surface area contributed by atoms with Gasteiger partial charge in [-0.25, -0.2) is 0 Å². The second-order valence-electron chi connectivity index (χ2n) is 7.06. The number of H-pyrrole nitrogens is 1. The molecule has 2 N–H and O–H groups in total. The summed E-state index contributed by atoms with van der Waals surface area (Å²) in [6.07, 6.45) is 0.393. The lowest BCUT2D eigenvalue weighted by Gasteiger charge is -2.16. The number of hydrogen-bond donors (Lipinski definition) is 2. The summed E-state index contributed by atoms with van der Waals surface area (Å²) in [7, 11) is 0. The third-order valence-corrected chi connectivity index (χ3v) is 4.84. The molecule has 3 nitrogen and oxygen atoms in total. The van der Waals surface area contributed by atoms with E-state index in [1.807, 2.05) is 32.0 Å². The molecule has 1 aromatic heterocycles. The second-order valence-corrected chi connectivity index (χ2v) is 7.06. The molecular formula is C22H26N2O. The molecule has 0 fully saturated rings. The van der Waals surface area contributed by atoms with Crippen molar-refractivity contribution in [3.05, 3.63) is 70.9 Å². The van der Waals surface area contributed by atoms with Crippen molar-refractivity contribution >= 4 is 16.8 Å². The molecule has 0 aliphatic rings. The molecule has 1 atom stereocenters. The van der Waals surface area contributed by atoms with E-state index in [2.05, 4.69) is 54.5 Å². The summed E-state index contributed by atoms with van der Waals surface area (Å²) >= 11 is 0. The van der Waals surface area contributed by atoms with Gasteiger partial charge in [0.15, 0.2) is 0 Å². The lowest BCUT2D eigenvalue weighted by molar-refractivity contribution is -0.121. The maximum absolute atomic E-state index is 12.5. The van der Waals surface area contributed by atoms with Crippen LogP contribution in [0.5, 0.6) is 0 Å². The summed E-state index contributed by atoms with van der Waals surface area (Å²) in [4.78, 5) is 15.9. The van der Waals surface area contributed by atoms with Crippen LogP contribution in [0.3, 0.4) is 0 Å². The van der Waals surface area contributed by atoms with E-state index in [0.717, 1.165) is 27.7 Å². The zero-order chi connectivity index (χ0) is 18.0. The molecule has 0 aliphatic heterocycles. The van der Waals surface area contributed by atoms with E-state index in [4.69, 9.17) is 0 Å². The zero-order valence-electron chi connectivity index (χ0n) is 15.4. The Labute approximate surface area is 149 Å². The van der Waals surface area contributed by atoms with Gasteiger partial charge in [-0.2, -0.15) is 0 Å². The first-order valence-electron chi connectivity index (χ1n) is 8.91. The van der Waals surface area contributed by atoms with Crippen LogP contribution >= 0.6 is 0 Å². The van der Waals surface area contributed by atoms with Crippen molar-refractivity contribution in [2.45, 2.75) is 46.1 Å². The van der Waals surface area contributed by atoms with E-state index in [0.29, 0.717) is 12.3 Å². The van der Waals surface area contributed by atoms with Gasteiger partial charge in [0.05, 0.1) is 12.5 Å². The van der Waals surface area contributed by atoms with Gasteiger partial charge in [-0.15, -0.1) is 0 Å². The van der Waals surface area contributed by atoms with Gasteiger partial charge in [-0.3, -0.25) is 4.79 Å². The minimum absolute atomic E-state index is 0.000718. The maximum atomic E-state index is 12.5. The molecule has 130 valence electrons. The molecule has 3 heteroatoms. The number of benzene rings is 2.